The zero-order valence-electron chi connectivity index (χ0n) is 14.3. The number of hydrogen-bond acceptors (Lipinski definition) is 5. The molecule has 1 aromatic carbocycles. The highest BCUT2D eigenvalue weighted by Gasteiger charge is 2.33. The lowest BCUT2D eigenvalue weighted by molar-refractivity contribution is 0.323. The van der Waals surface area contributed by atoms with Gasteiger partial charge in [0.1, 0.15) is 5.52 Å². The Hall–Kier alpha value is -1.64. The van der Waals surface area contributed by atoms with E-state index in [1.165, 1.54) is 0 Å². The molecule has 2 fully saturated rings. The van der Waals surface area contributed by atoms with E-state index in [0.717, 1.165) is 36.8 Å². The van der Waals surface area contributed by atoms with E-state index < -0.39 is 10.2 Å². The van der Waals surface area contributed by atoms with Crippen LogP contribution in [0.15, 0.2) is 28.7 Å². The standard InChI is InChI=1S/C17H24N4O3S/c22-25(23,20-9-5-1-2-6-10-20)21-13-11-19(12-14-21)17-18-15-7-3-4-8-16(15)24-17/h3-4,7-8H,1-2,5-6,9-14H2. The number of anilines is 1. The summed E-state index contributed by atoms with van der Waals surface area (Å²) in [6.45, 7) is 3.43. The van der Waals surface area contributed by atoms with E-state index in [9.17, 15) is 8.42 Å². The van der Waals surface area contributed by atoms with Crippen LogP contribution in [-0.2, 0) is 10.2 Å². The van der Waals surface area contributed by atoms with E-state index in [4.69, 9.17) is 4.42 Å². The first-order valence-electron chi connectivity index (χ1n) is 9.00. The third kappa shape index (κ3) is 3.38. The van der Waals surface area contributed by atoms with Gasteiger partial charge in [0.25, 0.3) is 16.2 Å². The molecule has 25 heavy (non-hydrogen) atoms. The van der Waals surface area contributed by atoms with Crippen LogP contribution >= 0.6 is 0 Å². The quantitative estimate of drug-likeness (QED) is 0.834. The monoisotopic (exact) mass is 364 g/mol. The first-order chi connectivity index (χ1) is 12.1. The maximum Gasteiger partial charge on any atom is 0.298 e. The Morgan fingerprint density at radius 1 is 0.840 bits per heavy atom. The molecule has 7 nitrogen and oxygen atoms in total. The minimum atomic E-state index is -3.35. The summed E-state index contributed by atoms with van der Waals surface area (Å²) in [6.07, 6.45) is 4.17. The number of para-hydroxylation sites is 2. The SMILES string of the molecule is O=S(=O)(N1CCCCCC1)N1CCN(c2nc3ccccc3o2)CC1. The molecule has 4 rings (SSSR count). The minimum Gasteiger partial charge on any atom is -0.423 e. The maximum atomic E-state index is 12.9. The Morgan fingerprint density at radius 3 is 2.16 bits per heavy atom. The van der Waals surface area contributed by atoms with Gasteiger partial charge in [0.15, 0.2) is 5.58 Å². The molecule has 1 aromatic heterocycles. The van der Waals surface area contributed by atoms with Gasteiger partial charge < -0.3 is 9.32 Å². The summed E-state index contributed by atoms with van der Waals surface area (Å²) in [4.78, 5) is 6.53. The fourth-order valence-corrected chi connectivity index (χ4v) is 5.21. The fourth-order valence-electron chi connectivity index (χ4n) is 3.54. The van der Waals surface area contributed by atoms with Crippen LogP contribution in [0.2, 0.25) is 0 Å². The van der Waals surface area contributed by atoms with Crippen molar-refractivity contribution < 1.29 is 12.8 Å². The van der Waals surface area contributed by atoms with Gasteiger partial charge in [-0.2, -0.15) is 22.0 Å². The van der Waals surface area contributed by atoms with Crippen LogP contribution < -0.4 is 4.90 Å². The second-order valence-corrected chi connectivity index (χ2v) is 8.60. The molecule has 0 bridgehead atoms. The van der Waals surface area contributed by atoms with Crippen molar-refractivity contribution >= 4 is 27.3 Å². The summed E-state index contributed by atoms with van der Waals surface area (Å²) in [5.41, 5.74) is 1.59. The minimum absolute atomic E-state index is 0.470. The summed E-state index contributed by atoms with van der Waals surface area (Å²) in [5.74, 6) is 0. The third-order valence-electron chi connectivity index (χ3n) is 5.01. The van der Waals surface area contributed by atoms with Crippen molar-refractivity contribution in [1.82, 2.24) is 13.6 Å². The normalized spacial score (nSPS) is 21.5. The first-order valence-corrected chi connectivity index (χ1v) is 10.4. The predicted molar refractivity (Wildman–Crippen MR) is 96.8 cm³/mol. The lowest BCUT2D eigenvalue weighted by atomic mass is 10.2. The number of piperazine rings is 1. The third-order valence-corrected chi connectivity index (χ3v) is 7.04. The van der Waals surface area contributed by atoms with Crippen molar-refractivity contribution in [1.29, 1.82) is 0 Å². The van der Waals surface area contributed by atoms with Gasteiger partial charge >= 0.3 is 0 Å². The molecular weight excluding hydrogens is 340 g/mol. The van der Waals surface area contributed by atoms with Gasteiger partial charge in [0.2, 0.25) is 0 Å². The van der Waals surface area contributed by atoms with Crippen LogP contribution in [-0.4, -0.2) is 61.3 Å². The molecule has 3 heterocycles. The van der Waals surface area contributed by atoms with Crippen LogP contribution in [0.25, 0.3) is 11.1 Å². The molecule has 0 amide bonds. The van der Waals surface area contributed by atoms with Gasteiger partial charge in [-0.25, -0.2) is 0 Å². The Kier molecular flexibility index (Phi) is 4.66. The van der Waals surface area contributed by atoms with Crippen molar-refractivity contribution in [3.05, 3.63) is 24.3 Å². The van der Waals surface area contributed by atoms with Crippen molar-refractivity contribution in [2.24, 2.45) is 0 Å². The van der Waals surface area contributed by atoms with Gasteiger partial charge in [0.05, 0.1) is 0 Å². The van der Waals surface area contributed by atoms with E-state index in [1.807, 2.05) is 29.2 Å². The van der Waals surface area contributed by atoms with Gasteiger partial charge in [-0.1, -0.05) is 25.0 Å². The number of fused-ring (bicyclic) bond motifs is 1. The topological polar surface area (TPSA) is 69.9 Å². The Labute approximate surface area is 148 Å². The summed E-state index contributed by atoms with van der Waals surface area (Å²) >= 11 is 0. The fraction of sp³-hybridized carbons (Fsp3) is 0.588. The molecular formula is C17H24N4O3S. The lowest BCUT2D eigenvalue weighted by Crippen LogP contribution is -2.53. The maximum absolute atomic E-state index is 12.9. The molecule has 2 aliphatic rings. The molecule has 2 aliphatic heterocycles. The number of nitrogens with zero attached hydrogens (tertiary/aromatic N) is 4. The molecule has 0 unspecified atom stereocenters. The van der Waals surface area contributed by atoms with Gasteiger partial charge in [0, 0.05) is 39.3 Å². The molecule has 0 saturated carbocycles. The highest BCUT2D eigenvalue weighted by atomic mass is 32.2. The molecule has 0 N–H and O–H groups in total. The Bertz CT molecular complexity index is 786. The average molecular weight is 364 g/mol. The van der Waals surface area contributed by atoms with E-state index in [2.05, 4.69) is 4.98 Å². The van der Waals surface area contributed by atoms with Crippen molar-refractivity contribution in [2.75, 3.05) is 44.2 Å². The summed E-state index contributed by atoms with van der Waals surface area (Å²) in [6, 6.07) is 8.24. The second kappa shape index (κ2) is 6.93. The second-order valence-electron chi connectivity index (χ2n) is 6.67. The summed E-state index contributed by atoms with van der Waals surface area (Å²) in [5, 5.41) is 0. The average Bonchev–Trinajstić information content (AvgIpc) is 2.87. The Balaban J connectivity index is 1.43. The number of hydrogen-bond donors (Lipinski definition) is 0. The number of rotatable bonds is 3. The molecule has 136 valence electrons. The molecule has 2 aromatic rings. The lowest BCUT2D eigenvalue weighted by Gasteiger charge is -2.35. The van der Waals surface area contributed by atoms with Gasteiger partial charge in [-0.15, -0.1) is 0 Å². The summed E-state index contributed by atoms with van der Waals surface area (Å²) < 4.78 is 34.8. The molecule has 0 atom stereocenters. The van der Waals surface area contributed by atoms with Crippen LogP contribution in [0.3, 0.4) is 0 Å². The van der Waals surface area contributed by atoms with E-state index in [-0.39, 0.29) is 0 Å². The molecule has 8 heteroatoms. The molecule has 0 spiro atoms. The van der Waals surface area contributed by atoms with E-state index in [1.54, 1.807) is 8.61 Å². The summed E-state index contributed by atoms with van der Waals surface area (Å²) in [7, 11) is -3.35. The van der Waals surface area contributed by atoms with Crippen molar-refractivity contribution in [2.45, 2.75) is 25.7 Å². The van der Waals surface area contributed by atoms with Crippen LogP contribution in [0.4, 0.5) is 6.01 Å². The van der Waals surface area contributed by atoms with Crippen LogP contribution in [0.5, 0.6) is 0 Å². The van der Waals surface area contributed by atoms with Crippen LogP contribution in [0.1, 0.15) is 25.7 Å². The van der Waals surface area contributed by atoms with Gasteiger partial charge in [-0.3, -0.25) is 0 Å². The molecule has 0 radical (unpaired) electrons. The zero-order chi connectivity index (χ0) is 17.3. The van der Waals surface area contributed by atoms with Crippen LogP contribution in [0, 0.1) is 0 Å². The largest absolute Gasteiger partial charge is 0.423 e. The van der Waals surface area contributed by atoms with Crippen molar-refractivity contribution in [3.63, 3.8) is 0 Å². The predicted octanol–water partition coefficient (Wildman–Crippen LogP) is 2.07. The Morgan fingerprint density at radius 2 is 1.48 bits per heavy atom. The highest BCUT2D eigenvalue weighted by Crippen LogP contribution is 2.24. The first kappa shape index (κ1) is 16.8. The molecule has 0 aliphatic carbocycles. The van der Waals surface area contributed by atoms with E-state index in [0.29, 0.717) is 45.3 Å². The number of benzene rings is 1. The smallest absolute Gasteiger partial charge is 0.298 e. The number of oxazole rings is 1. The van der Waals surface area contributed by atoms with Crippen molar-refractivity contribution in [3.8, 4) is 0 Å². The highest BCUT2D eigenvalue weighted by molar-refractivity contribution is 7.86. The zero-order valence-corrected chi connectivity index (χ0v) is 15.1. The molecule has 2 saturated heterocycles. The van der Waals surface area contributed by atoms with E-state index >= 15 is 0 Å². The van der Waals surface area contributed by atoms with Gasteiger partial charge in [-0.05, 0) is 25.0 Å². The number of aromatic nitrogens is 1.